The van der Waals surface area contributed by atoms with Gasteiger partial charge in [-0.3, -0.25) is 4.79 Å². The Kier molecular flexibility index (Phi) is 5.48. The lowest BCUT2D eigenvalue weighted by molar-refractivity contribution is -0.124. The normalized spacial score (nSPS) is 22.0. The highest BCUT2D eigenvalue weighted by Crippen LogP contribution is 2.30. The highest BCUT2D eigenvalue weighted by molar-refractivity contribution is 5.77. The number of hydrogen-bond donors (Lipinski definition) is 2. The van der Waals surface area contributed by atoms with Gasteiger partial charge in [-0.25, -0.2) is 0 Å². The van der Waals surface area contributed by atoms with Gasteiger partial charge in [-0.1, -0.05) is 32.8 Å². The predicted octanol–water partition coefficient (Wildman–Crippen LogP) is 2.98. The molecule has 2 unspecified atom stereocenters. The molecule has 3 N–H and O–H groups in total. The van der Waals surface area contributed by atoms with E-state index < -0.39 is 0 Å². The van der Waals surface area contributed by atoms with E-state index in [-0.39, 0.29) is 18.6 Å². The Labute approximate surface area is 127 Å². The standard InChI is InChI=1S/C17H26N2O2/c1-12(2)15-8-3-4-9-16(15)19-17(20)11-21-14-7-5-6-13(18)10-14/h5-7,10,12,15-16H,3-4,8-9,11,18H2,1-2H3,(H,19,20). The summed E-state index contributed by atoms with van der Waals surface area (Å²) >= 11 is 0. The van der Waals surface area contributed by atoms with E-state index in [1.54, 1.807) is 18.2 Å². The topological polar surface area (TPSA) is 64.3 Å². The smallest absolute Gasteiger partial charge is 0.258 e. The van der Waals surface area contributed by atoms with Gasteiger partial charge in [0.25, 0.3) is 5.91 Å². The highest BCUT2D eigenvalue weighted by atomic mass is 16.5. The fourth-order valence-corrected chi connectivity index (χ4v) is 3.14. The molecule has 0 spiro atoms. The molecular formula is C17H26N2O2. The molecule has 0 saturated heterocycles. The van der Waals surface area contributed by atoms with Crippen molar-refractivity contribution in [1.82, 2.24) is 5.32 Å². The van der Waals surface area contributed by atoms with Crippen molar-refractivity contribution < 1.29 is 9.53 Å². The van der Waals surface area contributed by atoms with Crippen LogP contribution in [0.15, 0.2) is 24.3 Å². The van der Waals surface area contributed by atoms with E-state index in [2.05, 4.69) is 19.2 Å². The maximum absolute atomic E-state index is 12.1. The van der Waals surface area contributed by atoms with Crippen LogP contribution in [0, 0.1) is 11.8 Å². The fourth-order valence-electron chi connectivity index (χ4n) is 3.14. The molecular weight excluding hydrogens is 264 g/mol. The second-order valence-electron chi connectivity index (χ2n) is 6.23. The number of nitrogen functional groups attached to an aromatic ring is 1. The van der Waals surface area contributed by atoms with E-state index in [9.17, 15) is 4.79 Å². The third-order valence-electron chi connectivity index (χ3n) is 4.25. The average Bonchev–Trinajstić information content (AvgIpc) is 2.45. The van der Waals surface area contributed by atoms with E-state index in [1.807, 2.05) is 6.07 Å². The van der Waals surface area contributed by atoms with Gasteiger partial charge in [0.2, 0.25) is 0 Å². The summed E-state index contributed by atoms with van der Waals surface area (Å²) in [4.78, 5) is 12.1. The van der Waals surface area contributed by atoms with Crippen molar-refractivity contribution in [3.05, 3.63) is 24.3 Å². The van der Waals surface area contributed by atoms with Gasteiger partial charge in [0, 0.05) is 17.8 Å². The first-order valence-electron chi connectivity index (χ1n) is 7.84. The van der Waals surface area contributed by atoms with Crippen LogP contribution in [0.25, 0.3) is 0 Å². The molecule has 2 rings (SSSR count). The van der Waals surface area contributed by atoms with Crippen molar-refractivity contribution in [3.63, 3.8) is 0 Å². The summed E-state index contributed by atoms with van der Waals surface area (Å²) in [6.07, 6.45) is 4.75. The van der Waals surface area contributed by atoms with E-state index in [1.165, 1.54) is 19.3 Å². The molecule has 1 amide bonds. The minimum Gasteiger partial charge on any atom is -0.484 e. The molecule has 0 heterocycles. The summed E-state index contributed by atoms with van der Waals surface area (Å²) in [7, 11) is 0. The lowest BCUT2D eigenvalue weighted by Crippen LogP contribution is -2.45. The Morgan fingerprint density at radius 3 is 2.86 bits per heavy atom. The number of amides is 1. The lowest BCUT2D eigenvalue weighted by Gasteiger charge is -2.34. The molecule has 1 aromatic rings. The van der Waals surface area contributed by atoms with Crippen molar-refractivity contribution in [1.29, 1.82) is 0 Å². The zero-order chi connectivity index (χ0) is 15.2. The summed E-state index contributed by atoms with van der Waals surface area (Å²) in [5.74, 6) is 1.77. The Morgan fingerprint density at radius 1 is 1.38 bits per heavy atom. The number of carbonyl (C=O) groups excluding carboxylic acids is 1. The molecule has 1 aliphatic carbocycles. The van der Waals surface area contributed by atoms with Gasteiger partial charge in [-0.2, -0.15) is 0 Å². The maximum atomic E-state index is 12.1. The summed E-state index contributed by atoms with van der Waals surface area (Å²) in [5.41, 5.74) is 6.32. The molecule has 1 aromatic carbocycles. The number of ether oxygens (including phenoxy) is 1. The van der Waals surface area contributed by atoms with Gasteiger partial charge < -0.3 is 15.8 Å². The zero-order valence-corrected chi connectivity index (χ0v) is 13.0. The van der Waals surface area contributed by atoms with Gasteiger partial charge in [-0.05, 0) is 36.8 Å². The van der Waals surface area contributed by atoms with Crippen LogP contribution in [0.1, 0.15) is 39.5 Å². The summed E-state index contributed by atoms with van der Waals surface area (Å²) in [6, 6.07) is 7.43. The zero-order valence-electron chi connectivity index (χ0n) is 13.0. The highest BCUT2D eigenvalue weighted by Gasteiger charge is 2.28. The first-order chi connectivity index (χ1) is 10.1. The van der Waals surface area contributed by atoms with E-state index in [0.29, 0.717) is 23.3 Å². The Balaban J connectivity index is 1.83. The van der Waals surface area contributed by atoms with Crippen LogP contribution in [0.4, 0.5) is 5.69 Å². The van der Waals surface area contributed by atoms with Crippen molar-refractivity contribution in [3.8, 4) is 5.75 Å². The minimum atomic E-state index is -0.0463. The van der Waals surface area contributed by atoms with Gasteiger partial charge in [0.1, 0.15) is 5.75 Å². The number of rotatable bonds is 5. The Hall–Kier alpha value is -1.71. The summed E-state index contributed by atoms with van der Waals surface area (Å²) in [6.45, 7) is 4.52. The van der Waals surface area contributed by atoms with Crippen LogP contribution in [-0.2, 0) is 4.79 Å². The van der Waals surface area contributed by atoms with Crippen molar-refractivity contribution in [2.75, 3.05) is 12.3 Å². The van der Waals surface area contributed by atoms with Gasteiger partial charge in [0.15, 0.2) is 6.61 Å². The largest absolute Gasteiger partial charge is 0.484 e. The molecule has 0 bridgehead atoms. The maximum Gasteiger partial charge on any atom is 0.258 e. The molecule has 4 heteroatoms. The molecule has 1 aliphatic rings. The second kappa shape index (κ2) is 7.34. The number of anilines is 1. The molecule has 0 radical (unpaired) electrons. The van der Waals surface area contributed by atoms with Gasteiger partial charge in [0.05, 0.1) is 0 Å². The first kappa shape index (κ1) is 15.7. The Morgan fingerprint density at radius 2 is 2.14 bits per heavy atom. The van der Waals surface area contributed by atoms with E-state index in [0.717, 1.165) is 6.42 Å². The third kappa shape index (κ3) is 4.66. The average molecular weight is 290 g/mol. The van der Waals surface area contributed by atoms with Crippen LogP contribution in [0.5, 0.6) is 5.75 Å². The molecule has 1 fully saturated rings. The minimum absolute atomic E-state index is 0.0463. The second-order valence-corrected chi connectivity index (χ2v) is 6.23. The van der Waals surface area contributed by atoms with Crippen molar-refractivity contribution in [2.45, 2.75) is 45.6 Å². The van der Waals surface area contributed by atoms with Crippen LogP contribution in [0.2, 0.25) is 0 Å². The van der Waals surface area contributed by atoms with Crippen LogP contribution < -0.4 is 15.8 Å². The van der Waals surface area contributed by atoms with Crippen molar-refractivity contribution in [2.24, 2.45) is 11.8 Å². The predicted molar refractivity (Wildman–Crippen MR) is 85.1 cm³/mol. The molecule has 1 saturated carbocycles. The van der Waals surface area contributed by atoms with Crippen molar-refractivity contribution >= 4 is 11.6 Å². The monoisotopic (exact) mass is 290 g/mol. The van der Waals surface area contributed by atoms with Crippen LogP contribution in [0.3, 0.4) is 0 Å². The first-order valence-corrected chi connectivity index (χ1v) is 7.84. The van der Waals surface area contributed by atoms with Gasteiger partial charge >= 0.3 is 0 Å². The van der Waals surface area contributed by atoms with Gasteiger partial charge in [-0.15, -0.1) is 0 Å². The van der Waals surface area contributed by atoms with Crippen LogP contribution in [-0.4, -0.2) is 18.6 Å². The number of benzene rings is 1. The Bertz CT molecular complexity index is 474. The molecule has 0 aliphatic heterocycles. The molecule has 4 nitrogen and oxygen atoms in total. The molecule has 0 aromatic heterocycles. The van der Waals surface area contributed by atoms with E-state index >= 15 is 0 Å². The number of nitrogens with one attached hydrogen (secondary N) is 1. The SMILES string of the molecule is CC(C)C1CCCCC1NC(=O)COc1cccc(N)c1. The molecule has 116 valence electrons. The number of hydrogen-bond acceptors (Lipinski definition) is 3. The number of carbonyl (C=O) groups is 1. The molecule has 21 heavy (non-hydrogen) atoms. The summed E-state index contributed by atoms with van der Waals surface area (Å²) in [5, 5.41) is 3.14. The summed E-state index contributed by atoms with van der Waals surface area (Å²) < 4.78 is 5.49. The third-order valence-corrected chi connectivity index (χ3v) is 4.25. The molecule has 2 atom stereocenters. The van der Waals surface area contributed by atoms with E-state index in [4.69, 9.17) is 10.5 Å². The van der Waals surface area contributed by atoms with Crippen LogP contribution >= 0.6 is 0 Å². The lowest BCUT2D eigenvalue weighted by atomic mass is 9.78. The quantitative estimate of drug-likeness (QED) is 0.819. The fraction of sp³-hybridized carbons (Fsp3) is 0.588. The number of nitrogens with two attached hydrogens (primary N) is 1.